The number of benzene rings is 1. The van der Waals surface area contributed by atoms with Crippen LogP contribution in [0.4, 0.5) is 5.00 Å². The summed E-state index contributed by atoms with van der Waals surface area (Å²) >= 11 is 1.50. The van der Waals surface area contributed by atoms with Crippen LogP contribution in [0.5, 0.6) is 11.5 Å². The average molecular weight is 385 g/mol. The fourth-order valence-corrected chi connectivity index (χ4v) is 4.44. The van der Waals surface area contributed by atoms with Crippen molar-refractivity contribution in [2.45, 2.75) is 32.9 Å². The Hall–Kier alpha value is -2.56. The SMILES string of the molecule is COc1ccc(C(=O)Nc2sc3c(c2C#N)CCN(C(C)C)C3)cc1OC. The fourth-order valence-electron chi connectivity index (χ4n) is 3.22. The number of anilines is 1. The van der Waals surface area contributed by atoms with E-state index in [2.05, 4.69) is 30.1 Å². The molecule has 0 aliphatic carbocycles. The van der Waals surface area contributed by atoms with E-state index in [4.69, 9.17) is 9.47 Å². The minimum atomic E-state index is -0.272. The lowest BCUT2D eigenvalue weighted by Crippen LogP contribution is -2.35. The van der Waals surface area contributed by atoms with Gasteiger partial charge in [0, 0.05) is 29.6 Å². The minimum Gasteiger partial charge on any atom is -0.493 e. The topological polar surface area (TPSA) is 74.6 Å². The molecule has 1 aromatic carbocycles. The molecule has 1 aliphatic rings. The number of carbonyl (C=O) groups excluding carboxylic acids is 1. The number of fused-ring (bicyclic) bond motifs is 1. The molecule has 0 unspecified atom stereocenters. The smallest absolute Gasteiger partial charge is 0.256 e. The van der Waals surface area contributed by atoms with E-state index in [0.717, 1.165) is 30.0 Å². The third-order valence-electron chi connectivity index (χ3n) is 4.80. The number of thiophene rings is 1. The molecular formula is C20H23N3O3S. The summed E-state index contributed by atoms with van der Waals surface area (Å²) in [5.41, 5.74) is 2.11. The molecule has 2 heterocycles. The highest BCUT2D eigenvalue weighted by Gasteiger charge is 2.26. The number of methoxy groups -OCH3 is 2. The number of rotatable bonds is 5. The maximum Gasteiger partial charge on any atom is 0.256 e. The lowest BCUT2D eigenvalue weighted by molar-refractivity contribution is 0.102. The van der Waals surface area contributed by atoms with Crippen LogP contribution in [-0.2, 0) is 13.0 Å². The number of carbonyl (C=O) groups is 1. The Kier molecular flexibility index (Phi) is 5.68. The molecule has 0 saturated carbocycles. The quantitative estimate of drug-likeness (QED) is 0.850. The Balaban J connectivity index is 1.86. The van der Waals surface area contributed by atoms with Crippen LogP contribution in [0.1, 0.15) is 40.2 Å². The molecule has 27 heavy (non-hydrogen) atoms. The van der Waals surface area contributed by atoms with Crippen LogP contribution in [0, 0.1) is 11.3 Å². The number of amides is 1. The van der Waals surface area contributed by atoms with Gasteiger partial charge in [-0.2, -0.15) is 5.26 Å². The lowest BCUT2D eigenvalue weighted by atomic mass is 10.0. The lowest BCUT2D eigenvalue weighted by Gasteiger charge is -2.30. The summed E-state index contributed by atoms with van der Waals surface area (Å²) in [4.78, 5) is 16.3. The molecule has 1 N–H and O–H groups in total. The standard InChI is InChI=1S/C20H23N3O3S/c1-12(2)23-8-7-14-15(10-21)20(27-18(14)11-23)22-19(24)13-5-6-16(25-3)17(9-13)26-4/h5-6,9,12H,7-8,11H2,1-4H3,(H,22,24). The van der Waals surface area contributed by atoms with Gasteiger partial charge in [-0.15, -0.1) is 11.3 Å². The summed E-state index contributed by atoms with van der Waals surface area (Å²) in [6.07, 6.45) is 0.832. The van der Waals surface area contributed by atoms with Gasteiger partial charge in [0.25, 0.3) is 5.91 Å². The predicted molar refractivity (Wildman–Crippen MR) is 106 cm³/mol. The van der Waals surface area contributed by atoms with Crippen LogP contribution in [0.3, 0.4) is 0 Å². The molecule has 1 aliphatic heterocycles. The van der Waals surface area contributed by atoms with Gasteiger partial charge in [-0.1, -0.05) is 0 Å². The summed E-state index contributed by atoms with van der Waals surface area (Å²) in [6, 6.07) is 7.74. The first kappa shape index (κ1) is 19.2. The van der Waals surface area contributed by atoms with Crippen molar-refractivity contribution in [2.24, 2.45) is 0 Å². The first-order chi connectivity index (χ1) is 13.0. The van der Waals surface area contributed by atoms with Crippen LogP contribution in [0.2, 0.25) is 0 Å². The van der Waals surface area contributed by atoms with E-state index in [9.17, 15) is 10.1 Å². The van der Waals surface area contributed by atoms with E-state index in [0.29, 0.717) is 33.7 Å². The number of hydrogen-bond donors (Lipinski definition) is 1. The van der Waals surface area contributed by atoms with Gasteiger partial charge >= 0.3 is 0 Å². The predicted octanol–water partition coefficient (Wildman–Crippen LogP) is 3.66. The van der Waals surface area contributed by atoms with Crippen molar-refractivity contribution in [1.82, 2.24) is 4.90 Å². The molecule has 0 saturated heterocycles. The zero-order chi connectivity index (χ0) is 19.6. The first-order valence-corrected chi connectivity index (χ1v) is 9.62. The second-order valence-electron chi connectivity index (χ2n) is 6.66. The Bertz CT molecular complexity index is 899. The van der Waals surface area contributed by atoms with Crippen molar-refractivity contribution in [2.75, 3.05) is 26.1 Å². The Labute approximate surface area is 163 Å². The normalized spacial score (nSPS) is 13.8. The summed E-state index contributed by atoms with van der Waals surface area (Å²) in [6.45, 7) is 6.09. The average Bonchev–Trinajstić information content (AvgIpc) is 3.03. The summed E-state index contributed by atoms with van der Waals surface area (Å²) in [7, 11) is 3.08. The number of nitrogens with one attached hydrogen (secondary N) is 1. The molecule has 3 rings (SSSR count). The van der Waals surface area contributed by atoms with Crippen molar-refractivity contribution >= 4 is 22.2 Å². The molecule has 7 heteroatoms. The van der Waals surface area contributed by atoms with Gasteiger partial charge < -0.3 is 14.8 Å². The second kappa shape index (κ2) is 7.99. The van der Waals surface area contributed by atoms with Crippen molar-refractivity contribution in [3.63, 3.8) is 0 Å². The van der Waals surface area contributed by atoms with Crippen LogP contribution in [0.15, 0.2) is 18.2 Å². The van der Waals surface area contributed by atoms with Crippen molar-refractivity contribution in [1.29, 1.82) is 5.26 Å². The first-order valence-electron chi connectivity index (χ1n) is 8.80. The van der Waals surface area contributed by atoms with Gasteiger partial charge in [0.15, 0.2) is 11.5 Å². The molecule has 0 spiro atoms. The summed E-state index contributed by atoms with van der Waals surface area (Å²) in [5, 5.41) is 13.2. The molecule has 2 aromatic rings. The second-order valence-corrected chi connectivity index (χ2v) is 7.76. The molecule has 0 radical (unpaired) electrons. The van der Waals surface area contributed by atoms with Crippen LogP contribution < -0.4 is 14.8 Å². The highest BCUT2D eigenvalue weighted by molar-refractivity contribution is 7.16. The van der Waals surface area contributed by atoms with Crippen molar-refractivity contribution < 1.29 is 14.3 Å². The molecule has 0 fully saturated rings. The zero-order valence-corrected chi connectivity index (χ0v) is 16.8. The molecule has 1 amide bonds. The van der Waals surface area contributed by atoms with E-state index in [1.807, 2.05) is 0 Å². The minimum absolute atomic E-state index is 0.272. The van der Waals surface area contributed by atoms with E-state index in [-0.39, 0.29) is 5.91 Å². The van der Waals surface area contributed by atoms with Gasteiger partial charge in [0.05, 0.1) is 19.8 Å². The van der Waals surface area contributed by atoms with Gasteiger partial charge in [-0.3, -0.25) is 9.69 Å². The van der Waals surface area contributed by atoms with Gasteiger partial charge in [-0.05, 0) is 44.0 Å². The Morgan fingerprint density at radius 2 is 2.04 bits per heavy atom. The number of nitrogens with zero attached hydrogens (tertiary/aromatic N) is 2. The molecule has 1 aromatic heterocycles. The number of ether oxygens (including phenoxy) is 2. The maximum absolute atomic E-state index is 12.7. The molecule has 142 valence electrons. The van der Waals surface area contributed by atoms with E-state index >= 15 is 0 Å². The zero-order valence-electron chi connectivity index (χ0n) is 16.0. The fraction of sp³-hybridized carbons (Fsp3) is 0.400. The van der Waals surface area contributed by atoms with Gasteiger partial charge in [0.2, 0.25) is 0 Å². The number of nitriles is 1. The Morgan fingerprint density at radius 1 is 1.30 bits per heavy atom. The van der Waals surface area contributed by atoms with Gasteiger partial charge in [-0.25, -0.2) is 0 Å². The van der Waals surface area contributed by atoms with E-state index in [1.54, 1.807) is 25.3 Å². The Morgan fingerprint density at radius 3 is 2.67 bits per heavy atom. The van der Waals surface area contributed by atoms with Crippen molar-refractivity contribution in [3.8, 4) is 17.6 Å². The van der Waals surface area contributed by atoms with E-state index < -0.39 is 0 Å². The summed E-state index contributed by atoms with van der Waals surface area (Å²) < 4.78 is 10.5. The highest BCUT2D eigenvalue weighted by atomic mass is 32.1. The van der Waals surface area contributed by atoms with Crippen molar-refractivity contribution in [3.05, 3.63) is 39.8 Å². The highest BCUT2D eigenvalue weighted by Crippen LogP contribution is 2.37. The van der Waals surface area contributed by atoms with Crippen LogP contribution in [-0.4, -0.2) is 37.6 Å². The largest absolute Gasteiger partial charge is 0.493 e. The molecule has 0 atom stereocenters. The maximum atomic E-state index is 12.7. The van der Waals surface area contributed by atoms with Crippen LogP contribution >= 0.6 is 11.3 Å². The molecular weight excluding hydrogens is 362 g/mol. The number of hydrogen-bond acceptors (Lipinski definition) is 6. The molecule has 6 nitrogen and oxygen atoms in total. The molecule has 0 bridgehead atoms. The summed E-state index contributed by atoms with van der Waals surface area (Å²) in [5.74, 6) is 0.780. The third-order valence-corrected chi connectivity index (χ3v) is 5.93. The van der Waals surface area contributed by atoms with Crippen LogP contribution in [0.25, 0.3) is 0 Å². The van der Waals surface area contributed by atoms with Gasteiger partial charge in [0.1, 0.15) is 11.1 Å². The van der Waals surface area contributed by atoms with E-state index in [1.165, 1.54) is 18.4 Å². The third kappa shape index (κ3) is 3.77. The monoisotopic (exact) mass is 385 g/mol.